The second-order valence-corrected chi connectivity index (χ2v) is 7.19. The van der Waals surface area contributed by atoms with Crippen LogP contribution in [0.5, 0.6) is 0 Å². The van der Waals surface area contributed by atoms with Gasteiger partial charge in [0, 0.05) is 44.8 Å². The van der Waals surface area contributed by atoms with Gasteiger partial charge >= 0.3 is 0 Å². The minimum atomic E-state index is 0.806. The van der Waals surface area contributed by atoms with E-state index in [0.29, 0.717) is 0 Å². The van der Waals surface area contributed by atoms with Gasteiger partial charge in [-0.15, -0.1) is 0 Å². The van der Waals surface area contributed by atoms with Crippen molar-refractivity contribution in [1.29, 1.82) is 0 Å². The predicted molar refractivity (Wildman–Crippen MR) is 84.1 cm³/mol. The van der Waals surface area contributed by atoms with E-state index in [1.54, 1.807) is 0 Å². The van der Waals surface area contributed by atoms with Crippen molar-refractivity contribution in [2.75, 3.05) is 59.9 Å². The standard InChI is InChI=1S/C16H32N4/c1-17-15-11-14(12-15)13-19-7-9-20(10-8-19)16-3-5-18(2)6-4-16/h14-17H,3-13H2,1-2H3/t14-,15-. The minimum Gasteiger partial charge on any atom is -0.317 e. The van der Waals surface area contributed by atoms with Crippen molar-refractivity contribution < 1.29 is 0 Å². The summed E-state index contributed by atoms with van der Waals surface area (Å²) in [5, 5.41) is 3.39. The van der Waals surface area contributed by atoms with Gasteiger partial charge in [0.15, 0.2) is 0 Å². The smallest absolute Gasteiger partial charge is 0.0121 e. The zero-order valence-corrected chi connectivity index (χ0v) is 13.4. The summed E-state index contributed by atoms with van der Waals surface area (Å²) in [4.78, 5) is 7.95. The lowest BCUT2D eigenvalue weighted by Crippen LogP contribution is -2.54. The first-order valence-electron chi connectivity index (χ1n) is 8.57. The highest BCUT2D eigenvalue weighted by atomic mass is 15.3. The Bertz CT molecular complexity index is 287. The molecule has 116 valence electrons. The van der Waals surface area contributed by atoms with Crippen molar-refractivity contribution in [1.82, 2.24) is 20.0 Å². The molecule has 20 heavy (non-hydrogen) atoms. The van der Waals surface area contributed by atoms with Crippen molar-refractivity contribution in [3.63, 3.8) is 0 Å². The first-order chi connectivity index (χ1) is 9.74. The van der Waals surface area contributed by atoms with E-state index in [-0.39, 0.29) is 0 Å². The molecule has 0 aromatic carbocycles. The molecule has 1 N–H and O–H groups in total. The monoisotopic (exact) mass is 280 g/mol. The Hall–Kier alpha value is -0.160. The number of rotatable bonds is 4. The van der Waals surface area contributed by atoms with E-state index >= 15 is 0 Å². The average Bonchev–Trinajstić information content (AvgIpc) is 2.44. The molecule has 0 atom stereocenters. The molecule has 4 nitrogen and oxygen atoms in total. The summed E-state index contributed by atoms with van der Waals surface area (Å²) < 4.78 is 0. The summed E-state index contributed by atoms with van der Waals surface area (Å²) in [5.41, 5.74) is 0. The van der Waals surface area contributed by atoms with Crippen LogP contribution in [0.4, 0.5) is 0 Å². The molecular formula is C16H32N4. The highest BCUT2D eigenvalue weighted by molar-refractivity contribution is 4.88. The maximum absolute atomic E-state index is 3.39. The first-order valence-corrected chi connectivity index (χ1v) is 8.57. The molecule has 0 radical (unpaired) electrons. The molecule has 1 aliphatic carbocycles. The maximum atomic E-state index is 3.39. The summed E-state index contributed by atoms with van der Waals surface area (Å²) in [6.45, 7) is 9.13. The molecule has 3 rings (SSSR count). The summed E-state index contributed by atoms with van der Waals surface area (Å²) in [6, 6.07) is 1.67. The Morgan fingerprint density at radius 1 is 0.950 bits per heavy atom. The van der Waals surface area contributed by atoms with E-state index in [4.69, 9.17) is 0 Å². The minimum absolute atomic E-state index is 0.806. The first kappa shape index (κ1) is 14.8. The van der Waals surface area contributed by atoms with E-state index in [2.05, 4.69) is 34.1 Å². The third kappa shape index (κ3) is 3.53. The normalized spacial score (nSPS) is 35.1. The Labute approximate surface area is 124 Å². The molecule has 2 saturated heterocycles. The lowest BCUT2D eigenvalue weighted by Gasteiger charge is -2.44. The molecule has 0 aromatic heterocycles. The predicted octanol–water partition coefficient (Wildman–Crippen LogP) is 0.696. The third-order valence-corrected chi connectivity index (χ3v) is 5.77. The van der Waals surface area contributed by atoms with Crippen LogP contribution in [0.3, 0.4) is 0 Å². The quantitative estimate of drug-likeness (QED) is 0.818. The van der Waals surface area contributed by atoms with E-state index in [1.165, 1.54) is 71.5 Å². The van der Waals surface area contributed by atoms with Crippen molar-refractivity contribution in [2.45, 2.75) is 37.8 Å². The molecule has 3 fully saturated rings. The SMILES string of the molecule is CN[C@H]1C[C@H](CN2CCN(C3CCN(C)CC3)CC2)C1. The van der Waals surface area contributed by atoms with Crippen LogP contribution < -0.4 is 5.32 Å². The van der Waals surface area contributed by atoms with Gasteiger partial charge in [-0.05, 0) is 58.8 Å². The van der Waals surface area contributed by atoms with Gasteiger partial charge in [-0.2, -0.15) is 0 Å². The lowest BCUT2D eigenvalue weighted by atomic mass is 9.80. The zero-order valence-electron chi connectivity index (χ0n) is 13.4. The highest BCUT2D eigenvalue weighted by Gasteiger charge is 2.31. The topological polar surface area (TPSA) is 21.8 Å². The number of nitrogens with zero attached hydrogens (tertiary/aromatic N) is 3. The van der Waals surface area contributed by atoms with Crippen LogP contribution in [-0.4, -0.2) is 86.7 Å². The highest BCUT2D eigenvalue weighted by Crippen LogP contribution is 2.28. The molecule has 3 aliphatic rings. The van der Waals surface area contributed by atoms with Gasteiger partial charge in [0.05, 0.1) is 0 Å². The van der Waals surface area contributed by atoms with Gasteiger partial charge < -0.3 is 15.1 Å². The number of hydrogen-bond donors (Lipinski definition) is 1. The van der Waals surface area contributed by atoms with Gasteiger partial charge in [0.1, 0.15) is 0 Å². The van der Waals surface area contributed by atoms with Crippen LogP contribution in [-0.2, 0) is 0 Å². The van der Waals surface area contributed by atoms with Gasteiger partial charge in [0.25, 0.3) is 0 Å². The Kier molecular flexibility index (Phi) is 4.97. The molecule has 2 aliphatic heterocycles. The van der Waals surface area contributed by atoms with Crippen LogP contribution in [0.1, 0.15) is 25.7 Å². The van der Waals surface area contributed by atoms with Crippen LogP contribution >= 0.6 is 0 Å². The number of hydrogen-bond acceptors (Lipinski definition) is 4. The summed E-state index contributed by atoms with van der Waals surface area (Å²) in [6.07, 6.45) is 5.54. The Balaban J connectivity index is 1.35. The fourth-order valence-electron chi connectivity index (χ4n) is 4.16. The van der Waals surface area contributed by atoms with E-state index in [9.17, 15) is 0 Å². The lowest BCUT2D eigenvalue weighted by molar-refractivity contribution is 0.0478. The van der Waals surface area contributed by atoms with Crippen molar-refractivity contribution in [2.24, 2.45) is 5.92 Å². The van der Waals surface area contributed by atoms with Gasteiger partial charge in [0.2, 0.25) is 0 Å². The molecule has 4 heteroatoms. The summed E-state index contributed by atoms with van der Waals surface area (Å²) >= 11 is 0. The van der Waals surface area contributed by atoms with E-state index < -0.39 is 0 Å². The molecule has 0 amide bonds. The molecule has 0 spiro atoms. The molecule has 1 saturated carbocycles. The van der Waals surface area contributed by atoms with Crippen molar-refractivity contribution in [3.8, 4) is 0 Å². The maximum Gasteiger partial charge on any atom is 0.0121 e. The molecule has 2 heterocycles. The zero-order chi connectivity index (χ0) is 13.9. The molecular weight excluding hydrogens is 248 g/mol. The second-order valence-electron chi connectivity index (χ2n) is 7.19. The number of piperidine rings is 1. The molecule has 0 aromatic rings. The third-order valence-electron chi connectivity index (χ3n) is 5.77. The molecule has 0 unspecified atom stereocenters. The average molecular weight is 280 g/mol. The number of piperazine rings is 1. The Morgan fingerprint density at radius 3 is 2.20 bits per heavy atom. The van der Waals surface area contributed by atoms with Crippen molar-refractivity contribution >= 4 is 0 Å². The van der Waals surface area contributed by atoms with Crippen LogP contribution in [0.2, 0.25) is 0 Å². The van der Waals surface area contributed by atoms with Crippen LogP contribution in [0.25, 0.3) is 0 Å². The van der Waals surface area contributed by atoms with Gasteiger partial charge in [-0.25, -0.2) is 0 Å². The largest absolute Gasteiger partial charge is 0.317 e. The van der Waals surface area contributed by atoms with E-state index in [0.717, 1.165) is 18.0 Å². The van der Waals surface area contributed by atoms with Crippen molar-refractivity contribution in [3.05, 3.63) is 0 Å². The van der Waals surface area contributed by atoms with Gasteiger partial charge in [-0.1, -0.05) is 0 Å². The van der Waals surface area contributed by atoms with Crippen LogP contribution in [0.15, 0.2) is 0 Å². The fraction of sp³-hybridized carbons (Fsp3) is 1.00. The number of nitrogens with one attached hydrogen (secondary N) is 1. The summed E-state index contributed by atoms with van der Waals surface area (Å²) in [5.74, 6) is 0.960. The van der Waals surface area contributed by atoms with Crippen LogP contribution in [0, 0.1) is 5.92 Å². The summed E-state index contributed by atoms with van der Waals surface area (Å²) in [7, 11) is 4.35. The molecule has 0 bridgehead atoms. The van der Waals surface area contributed by atoms with Gasteiger partial charge in [-0.3, -0.25) is 4.90 Å². The number of likely N-dealkylation sites (tertiary alicyclic amines) is 1. The van der Waals surface area contributed by atoms with E-state index in [1.807, 2.05) is 0 Å². The fourth-order valence-corrected chi connectivity index (χ4v) is 4.16. The Morgan fingerprint density at radius 2 is 1.60 bits per heavy atom. The second kappa shape index (κ2) is 6.73.